The number of likely N-dealkylation sites (N-methyl/N-ethyl adjacent to an activating group) is 1. The van der Waals surface area contributed by atoms with E-state index < -0.39 is 0 Å². The molecule has 0 bridgehead atoms. The van der Waals surface area contributed by atoms with Crippen molar-refractivity contribution in [2.24, 2.45) is 0 Å². The molecule has 0 saturated carbocycles. The standard InChI is InChI=1S/C18H20N4O3S/c1-11-5-6-14-13(8-17(24)25-15(14)7-11)10-26-18-20-19-12(2)22(18)9-16(23)21(3)4/h5-8H,9-10H2,1-4H3. The number of fused-ring (bicyclic) bond motifs is 1. The highest BCUT2D eigenvalue weighted by molar-refractivity contribution is 7.98. The number of amides is 1. The molecular weight excluding hydrogens is 352 g/mol. The van der Waals surface area contributed by atoms with Gasteiger partial charge in [0.05, 0.1) is 0 Å². The van der Waals surface area contributed by atoms with E-state index in [1.165, 1.54) is 22.7 Å². The SMILES string of the molecule is Cc1ccc2c(CSc3nnc(C)n3CC(=O)N(C)C)cc(=O)oc2c1. The van der Waals surface area contributed by atoms with Gasteiger partial charge >= 0.3 is 5.63 Å². The molecule has 2 aromatic heterocycles. The lowest BCUT2D eigenvalue weighted by atomic mass is 10.1. The molecule has 3 rings (SSSR count). The number of nitrogens with zero attached hydrogens (tertiary/aromatic N) is 4. The molecule has 0 saturated heterocycles. The smallest absolute Gasteiger partial charge is 0.336 e. The normalized spacial score (nSPS) is 11.1. The van der Waals surface area contributed by atoms with Crippen LogP contribution in [-0.2, 0) is 17.1 Å². The molecule has 7 nitrogen and oxygen atoms in total. The molecule has 3 aromatic rings. The van der Waals surface area contributed by atoms with E-state index in [1.54, 1.807) is 18.7 Å². The number of aryl methyl sites for hydroxylation is 2. The van der Waals surface area contributed by atoms with Gasteiger partial charge in [-0.15, -0.1) is 10.2 Å². The van der Waals surface area contributed by atoms with Crippen molar-refractivity contribution in [1.29, 1.82) is 0 Å². The highest BCUT2D eigenvalue weighted by Gasteiger charge is 2.15. The largest absolute Gasteiger partial charge is 0.423 e. The second-order valence-corrected chi connectivity index (χ2v) is 7.23. The van der Waals surface area contributed by atoms with Crippen LogP contribution in [0, 0.1) is 13.8 Å². The van der Waals surface area contributed by atoms with Crippen molar-refractivity contribution in [1.82, 2.24) is 19.7 Å². The lowest BCUT2D eigenvalue weighted by Crippen LogP contribution is -2.27. The number of benzene rings is 1. The summed E-state index contributed by atoms with van der Waals surface area (Å²) < 4.78 is 7.08. The molecule has 0 N–H and O–H groups in total. The topological polar surface area (TPSA) is 81.2 Å². The molecule has 0 aliphatic rings. The maximum absolute atomic E-state index is 12.0. The van der Waals surface area contributed by atoms with E-state index in [-0.39, 0.29) is 18.1 Å². The number of carbonyl (C=O) groups excluding carboxylic acids is 1. The molecular formula is C18H20N4O3S. The minimum absolute atomic E-state index is 0.0315. The Morgan fingerprint density at radius 2 is 2.00 bits per heavy atom. The van der Waals surface area contributed by atoms with Crippen molar-refractivity contribution in [3.63, 3.8) is 0 Å². The van der Waals surface area contributed by atoms with Gasteiger partial charge in [-0.2, -0.15) is 0 Å². The predicted octanol–water partition coefficient (Wildman–Crippen LogP) is 2.38. The van der Waals surface area contributed by atoms with Gasteiger partial charge < -0.3 is 9.32 Å². The summed E-state index contributed by atoms with van der Waals surface area (Å²) in [4.78, 5) is 25.4. The fourth-order valence-corrected chi connectivity index (χ4v) is 3.50. The molecule has 26 heavy (non-hydrogen) atoms. The summed E-state index contributed by atoms with van der Waals surface area (Å²) in [5, 5.41) is 9.78. The van der Waals surface area contributed by atoms with Gasteiger partial charge in [0, 0.05) is 31.3 Å². The number of carbonyl (C=O) groups is 1. The average molecular weight is 372 g/mol. The number of aromatic nitrogens is 3. The van der Waals surface area contributed by atoms with E-state index in [0.29, 0.717) is 22.3 Å². The summed E-state index contributed by atoms with van der Waals surface area (Å²) in [6, 6.07) is 7.30. The average Bonchev–Trinajstić information content (AvgIpc) is 2.92. The van der Waals surface area contributed by atoms with E-state index >= 15 is 0 Å². The van der Waals surface area contributed by atoms with Crippen molar-refractivity contribution in [3.8, 4) is 0 Å². The Labute approximate surface area is 155 Å². The van der Waals surface area contributed by atoms with Crippen molar-refractivity contribution in [2.45, 2.75) is 31.3 Å². The molecule has 0 atom stereocenters. The third-order valence-electron chi connectivity index (χ3n) is 4.04. The van der Waals surface area contributed by atoms with Gasteiger partial charge in [-0.05, 0) is 31.0 Å². The fourth-order valence-electron chi connectivity index (χ4n) is 2.53. The number of rotatable bonds is 5. The van der Waals surface area contributed by atoms with Crippen LogP contribution >= 0.6 is 11.8 Å². The van der Waals surface area contributed by atoms with Crippen molar-refractivity contribution in [3.05, 3.63) is 51.6 Å². The molecule has 0 radical (unpaired) electrons. The Balaban J connectivity index is 1.87. The summed E-state index contributed by atoms with van der Waals surface area (Å²) in [5.74, 6) is 1.17. The van der Waals surface area contributed by atoms with Gasteiger partial charge in [0.15, 0.2) is 5.16 Å². The van der Waals surface area contributed by atoms with Gasteiger partial charge in [-0.1, -0.05) is 23.9 Å². The Kier molecular flexibility index (Phi) is 5.13. The van der Waals surface area contributed by atoms with Crippen LogP contribution in [-0.4, -0.2) is 39.7 Å². The highest BCUT2D eigenvalue weighted by atomic mass is 32.2. The predicted molar refractivity (Wildman–Crippen MR) is 100 cm³/mol. The zero-order chi connectivity index (χ0) is 18.8. The van der Waals surface area contributed by atoms with Gasteiger partial charge in [0.25, 0.3) is 0 Å². The molecule has 1 amide bonds. The third kappa shape index (κ3) is 3.80. The molecule has 0 unspecified atom stereocenters. The zero-order valence-corrected chi connectivity index (χ0v) is 16.0. The zero-order valence-electron chi connectivity index (χ0n) is 15.1. The summed E-state index contributed by atoms with van der Waals surface area (Å²) in [6.45, 7) is 3.95. The fraction of sp³-hybridized carbons (Fsp3) is 0.333. The van der Waals surface area contributed by atoms with Crippen LogP contribution in [0.1, 0.15) is 17.0 Å². The highest BCUT2D eigenvalue weighted by Crippen LogP contribution is 2.26. The second-order valence-electron chi connectivity index (χ2n) is 6.28. The van der Waals surface area contributed by atoms with Crippen molar-refractivity contribution < 1.29 is 9.21 Å². The lowest BCUT2D eigenvalue weighted by molar-refractivity contribution is -0.129. The van der Waals surface area contributed by atoms with Crippen molar-refractivity contribution >= 4 is 28.6 Å². The quantitative estimate of drug-likeness (QED) is 0.505. The first-order valence-electron chi connectivity index (χ1n) is 8.11. The minimum Gasteiger partial charge on any atom is -0.423 e. The van der Waals surface area contributed by atoms with Gasteiger partial charge in [0.1, 0.15) is 18.0 Å². The van der Waals surface area contributed by atoms with E-state index in [9.17, 15) is 9.59 Å². The Bertz CT molecular complexity index is 1020. The first kappa shape index (κ1) is 18.2. The third-order valence-corrected chi connectivity index (χ3v) is 5.05. The van der Waals surface area contributed by atoms with E-state index in [2.05, 4.69) is 10.2 Å². The van der Waals surface area contributed by atoms with E-state index in [4.69, 9.17) is 4.42 Å². The molecule has 0 aliphatic heterocycles. The minimum atomic E-state index is -0.376. The Morgan fingerprint density at radius 3 is 2.73 bits per heavy atom. The summed E-state index contributed by atoms with van der Waals surface area (Å²) in [5.41, 5.74) is 2.10. The lowest BCUT2D eigenvalue weighted by Gasteiger charge is -2.13. The molecule has 0 spiro atoms. The molecule has 1 aromatic carbocycles. The van der Waals surface area contributed by atoms with Crippen LogP contribution in [0.15, 0.2) is 38.6 Å². The molecule has 0 aliphatic carbocycles. The Morgan fingerprint density at radius 1 is 1.23 bits per heavy atom. The summed E-state index contributed by atoms with van der Waals surface area (Å²) in [7, 11) is 3.43. The van der Waals surface area contributed by atoms with Crippen LogP contribution in [0.4, 0.5) is 0 Å². The Hall–Kier alpha value is -2.61. The van der Waals surface area contributed by atoms with Gasteiger partial charge in [-0.25, -0.2) is 4.79 Å². The van der Waals surface area contributed by atoms with Crippen LogP contribution < -0.4 is 5.63 Å². The number of hydrogen-bond donors (Lipinski definition) is 0. The summed E-state index contributed by atoms with van der Waals surface area (Å²) in [6.07, 6.45) is 0. The maximum Gasteiger partial charge on any atom is 0.336 e. The number of thioether (sulfide) groups is 1. The second kappa shape index (κ2) is 7.33. The molecule has 0 fully saturated rings. The summed E-state index contributed by atoms with van der Waals surface area (Å²) >= 11 is 1.44. The number of hydrogen-bond acceptors (Lipinski definition) is 6. The van der Waals surface area contributed by atoms with Crippen LogP contribution in [0.5, 0.6) is 0 Å². The van der Waals surface area contributed by atoms with Crippen molar-refractivity contribution in [2.75, 3.05) is 14.1 Å². The van der Waals surface area contributed by atoms with Gasteiger partial charge in [-0.3, -0.25) is 9.36 Å². The van der Waals surface area contributed by atoms with Crippen LogP contribution in [0.2, 0.25) is 0 Å². The van der Waals surface area contributed by atoms with Crippen LogP contribution in [0.3, 0.4) is 0 Å². The van der Waals surface area contributed by atoms with E-state index in [0.717, 1.165) is 16.5 Å². The van der Waals surface area contributed by atoms with E-state index in [1.807, 2.05) is 32.0 Å². The monoisotopic (exact) mass is 372 g/mol. The molecule has 8 heteroatoms. The van der Waals surface area contributed by atoms with Crippen LogP contribution in [0.25, 0.3) is 11.0 Å². The van der Waals surface area contributed by atoms with Gasteiger partial charge in [0.2, 0.25) is 5.91 Å². The first-order valence-corrected chi connectivity index (χ1v) is 9.10. The molecule has 2 heterocycles. The first-order chi connectivity index (χ1) is 12.3. The molecule has 136 valence electrons. The maximum atomic E-state index is 12.0.